The van der Waals surface area contributed by atoms with Gasteiger partial charge in [-0.25, -0.2) is 13.8 Å². The van der Waals surface area contributed by atoms with Crippen molar-refractivity contribution >= 4 is 11.9 Å². The Morgan fingerprint density at radius 3 is 2.50 bits per heavy atom. The SMILES string of the molecule is O=C(O)[C@H]1CN(C(=O)c2coc(-c3c(F)cccc3F)n2)C[C@@H]1C1CC1. The van der Waals surface area contributed by atoms with Crippen LogP contribution in [0.4, 0.5) is 8.78 Å². The summed E-state index contributed by atoms with van der Waals surface area (Å²) < 4.78 is 32.8. The standard InChI is InChI=1S/C18H16F2N2O4/c19-12-2-1-3-13(20)15(12)16-21-14(8-26-16)17(23)22-6-10(9-4-5-9)11(7-22)18(24)25/h1-3,8-11H,4-7H2,(H,24,25)/t10-,11+/m1/s1. The highest BCUT2D eigenvalue weighted by Gasteiger charge is 2.47. The number of hydrogen-bond acceptors (Lipinski definition) is 4. The summed E-state index contributed by atoms with van der Waals surface area (Å²) in [5.41, 5.74) is -0.532. The fraction of sp³-hybridized carbons (Fsp3) is 0.389. The summed E-state index contributed by atoms with van der Waals surface area (Å²) in [4.78, 5) is 29.4. The number of carboxylic acid groups (broad SMARTS) is 1. The van der Waals surface area contributed by atoms with Crippen molar-refractivity contribution in [2.75, 3.05) is 13.1 Å². The van der Waals surface area contributed by atoms with Crippen molar-refractivity contribution in [3.63, 3.8) is 0 Å². The number of aromatic nitrogens is 1. The number of carbonyl (C=O) groups excluding carboxylic acids is 1. The van der Waals surface area contributed by atoms with Gasteiger partial charge in [0.15, 0.2) is 5.69 Å². The maximum Gasteiger partial charge on any atom is 0.308 e. The lowest BCUT2D eigenvalue weighted by molar-refractivity contribution is -0.142. The zero-order chi connectivity index (χ0) is 18.4. The van der Waals surface area contributed by atoms with E-state index in [-0.39, 0.29) is 24.0 Å². The predicted molar refractivity (Wildman–Crippen MR) is 85.1 cm³/mol. The Morgan fingerprint density at radius 2 is 1.88 bits per heavy atom. The maximum absolute atomic E-state index is 13.8. The number of amides is 1. The second-order valence-electron chi connectivity index (χ2n) is 6.79. The summed E-state index contributed by atoms with van der Waals surface area (Å²) in [5.74, 6) is -3.73. The van der Waals surface area contributed by atoms with Crippen LogP contribution in [0.2, 0.25) is 0 Å². The molecule has 2 atom stereocenters. The van der Waals surface area contributed by atoms with Gasteiger partial charge >= 0.3 is 5.97 Å². The van der Waals surface area contributed by atoms with Gasteiger partial charge in [-0.1, -0.05) is 6.07 Å². The molecule has 2 aromatic rings. The number of carboxylic acids is 1. The molecule has 2 fully saturated rings. The number of likely N-dealkylation sites (tertiary alicyclic amines) is 1. The Labute approximate surface area is 147 Å². The van der Waals surface area contributed by atoms with E-state index in [1.165, 1.54) is 11.0 Å². The van der Waals surface area contributed by atoms with E-state index in [0.717, 1.165) is 31.2 Å². The van der Waals surface area contributed by atoms with Gasteiger partial charge in [-0.3, -0.25) is 9.59 Å². The van der Waals surface area contributed by atoms with E-state index in [2.05, 4.69) is 4.98 Å². The molecule has 1 saturated heterocycles. The number of hydrogen-bond donors (Lipinski definition) is 1. The monoisotopic (exact) mass is 362 g/mol. The minimum Gasteiger partial charge on any atom is -0.481 e. The Bertz CT molecular complexity index is 858. The van der Waals surface area contributed by atoms with Crippen LogP contribution in [0.1, 0.15) is 23.3 Å². The number of benzene rings is 1. The van der Waals surface area contributed by atoms with Gasteiger partial charge in [0.1, 0.15) is 23.5 Å². The summed E-state index contributed by atoms with van der Waals surface area (Å²) in [6, 6.07) is 3.36. The molecular weight excluding hydrogens is 346 g/mol. The summed E-state index contributed by atoms with van der Waals surface area (Å²) >= 11 is 0. The molecular formula is C18H16F2N2O4. The first-order valence-corrected chi connectivity index (χ1v) is 8.37. The van der Waals surface area contributed by atoms with E-state index in [0.29, 0.717) is 12.5 Å². The van der Waals surface area contributed by atoms with Crippen LogP contribution in [0.3, 0.4) is 0 Å². The highest BCUT2D eigenvalue weighted by Crippen LogP contribution is 2.44. The molecule has 26 heavy (non-hydrogen) atoms. The van der Waals surface area contributed by atoms with Crippen molar-refractivity contribution in [1.82, 2.24) is 9.88 Å². The molecule has 0 radical (unpaired) electrons. The molecule has 1 aliphatic carbocycles. The number of carbonyl (C=O) groups is 2. The lowest BCUT2D eigenvalue weighted by Gasteiger charge is -2.14. The summed E-state index contributed by atoms with van der Waals surface area (Å²) in [6.07, 6.45) is 3.01. The Hall–Kier alpha value is -2.77. The number of aliphatic carboxylic acids is 1. The van der Waals surface area contributed by atoms with E-state index in [1.807, 2.05) is 0 Å². The van der Waals surface area contributed by atoms with Crippen molar-refractivity contribution in [2.45, 2.75) is 12.8 Å². The first kappa shape index (κ1) is 16.7. The molecule has 1 N–H and O–H groups in total. The third-order valence-electron chi connectivity index (χ3n) is 5.10. The van der Waals surface area contributed by atoms with Gasteiger partial charge < -0.3 is 14.4 Å². The fourth-order valence-electron chi connectivity index (χ4n) is 3.61. The van der Waals surface area contributed by atoms with Gasteiger partial charge in [0.25, 0.3) is 5.91 Å². The van der Waals surface area contributed by atoms with E-state index in [9.17, 15) is 23.5 Å². The molecule has 1 amide bonds. The third-order valence-corrected chi connectivity index (χ3v) is 5.10. The minimum atomic E-state index is -0.911. The van der Waals surface area contributed by atoms with Crippen LogP contribution in [0, 0.1) is 29.4 Å². The normalized spacial score (nSPS) is 22.6. The van der Waals surface area contributed by atoms with E-state index >= 15 is 0 Å². The molecule has 2 aliphatic rings. The number of halogens is 2. The third kappa shape index (κ3) is 2.85. The molecule has 6 nitrogen and oxygen atoms in total. The number of oxazole rings is 1. The molecule has 1 aromatic heterocycles. The maximum atomic E-state index is 13.8. The largest absolute Gasteiger partial charge is 0.481 e. The van der Waals surface area contributed by atoms with Crippen LogP contribution in [0.25, 0.3) is 11.5 Å². The second kappa shape index (κ2) is 6.19. The van der Waals surface area contributed by atoms with Gasteiger partial charge in [-0.2, -0.15) is 0 Å². The van der Waals surface area contributed by atoms with Crippen LogP contribution in [0.15, 0.2) is 28.9 Å². The Morgan fingerprint density at radius 1 is 1.19 bits per heavy atom. The highest BCUT2D eigenvalue weighted by atomic mass is 19.1. The molecule has 0 unspecified atom stereocenters. The van der Waals surface area contributed by atoms with Crippen molar-refractivity contribution < 1.29 is 27.9 Å². The van der Waals surface area contributed by atoms with E-state index in [1.54, 1.807) is 0 Å². The molecule has 0 spiro atoms. The predicted octanol–water partition coefficient (Wildman–Crippen LogP) is 2.80. The van der Waals surface area contributed by atoms with Gasteiger partial charge in [-0.05, 0) is 36.8 Å². The van der Waals surface area contributed by atoms with Crippen molar-refractivity contribution in [3.8, 4) is 11.5 Å². The lowest BCUT2D eigenvalue weighted by atomic mass is 9.92. The first-order valence-electron chi connectivity index (χ1n) is 8.37. The molecule has 8 heteroatoms. The van der Waals surface area contributed by atoms with Crippen molar-refractivity contribution in [2.24, 2.45) is 17.8 Å². The molecule has 136 valence electrons. The average molecular weight is 362 g/mol. The number of rotatable bonds is 4. The lowest BCUT2D eigenvalue weighted by Crippen LogP contribution is -2.30. The van der Waals surface area contributed by atoms with Gasteiger partial charge in [0, 0.05) is 13.1 Å². The Balaban J connectivity index is 1.56. The molecule has 1 aliphatic heterocycles. The first-order chi connectivity index (χ1) is 12.5. The molecule has 2 heterocycles. The van der Waals surface area contributed by atoms with Crippen LogP contribution in [-0.4, -0.2) is 40.0 Å². The zero-order valence-electron chi connectivity index (χ0n) is 13.7. The van der Waals surface area contributed by atoms with Crippen molar-refractivity contribution in [3.05, 3.63) is 41.8 Å². The quantitative estimate of drug-likeness (QED) is 0.904. The van der Waals surface area contributed by atoms with Crippen LogP contribution < -0.4 is 0 Å². The minimum absolute atomic E-state index is 0.0631. The molecule has 1 saturated carbocycles. The number of nitrogens with zero attached hydrogens (tertiary/aromatic N) is 2. The summed E-state index contributed by atoms with van der Waals surface area (Å²) in [7, 11) is 0. The molecule has 1 aromatic carbocycles. The molecule has 0 bridgehead atoms. The molecule has 4 rings (SSSR count). The Kier molecular flexibility index (Phi) is 3.97. The smallest absolute Gasteiger partial charge is 0.308 e. The highest BCUT2D eigenvalue weighted by molar-refractivity contribution is 5.93. The zero-order valence-corrected chi connectivity index (χ0v) is 13.7. The van der Waals surface area contributed by atoms with Gasteiger partial charge in [-0.15, -0.1) is 0 Å². The van der Waals surface area contributed by atoms with Crippen molar-refractivity contribution in [1.29, 1.82) is 0 Å². The van der Waals surface area contributed by atoms with E-state index < -0.39 is 35.0 Å². The topological polar surface area (TPSA) is 83.6 Å². The van der Waals surface area contributed by atoms with Crippen LogP contribution >= 0.6 is 0 Å². The summed E-state index contributed by atoms with van der Waals surface area (Å²) in [6.45, 7) is 0.447. The van der Waals surface area contributed by atoms with Crippen LogP contribution in [0.5, 0.6) is 0 Å². The second-order valence-corrected chi connectivity index (χ2v) is 6.79. The summed E-state index contributed by atoms with van der Waals surface area (Å²) in [5, 5.41) is 9.39. The van der Waals surface area contributed by atoms with Gasteiger partial charge in [0.2, 0.25) is 5.89 Å². The van der Waals surface area contributed by atoms with Gasteiger partial charge in [0.05, 0.1) is 5.92 Å². The van der Waals surface area contributed by atoms with Crippen LogP contribution in [-0.2, 0) is 4.79 Å². The average Bonchev–Trinajstić information content (AvgIpc) is 3.16. The van der Waals surface area contributed by atoms with E-state index in [4.69, 9.17) is 4.42 Å². The fourth-order valence-corrected chi connectivity index (χ4v) is 3.61.